The van der Waals surface area contributed by atoms with Gasteiger partial charge in [0.2, 0.25) is 11.8 Å². The minimum Gasteiger partial charge on any atom is -0.490 e. The molecule has 2 N–H and O–H groups in total. The van der Waals surface area contributed by atoms with Crippen LogP contribution in [0.25, 0.3) is 0 Å². The number of thiophene rings is 1. The van der Waals surface area contributed by atoms with Gasteiger partial charge in [0, 0.05) is 43.3 Å². The second-order valence-electron chi connectivity index (χ2n) is 11.7. The molecule has 3 amide bonds. The van der Waals surface area contributed by atoms with Crippen LogP contribution in [0.1, 0.15) is 46.5 Å². The number of carbonyl (C=O) groups is 3. The number of amides is 3. The smallest absolute Gasteiger partial charge is 0.257 e. The maximum atomic E-state index is 13.5. The van der Waals surface area contributed by atoms with Gasteiger partial charge in [0.15, 0.2) is 0 Å². The molecule has 1 aromatic heterocycles. The molecular weight excluding hydrogens is 564 g/mol. The van der Waals surface area contributed by atoms with Crippen molar-refractivity contribution in [1.29, 1.82) is 0 Å². The third-order valence-electron chi connectivity index (χ3n) is 8.51. The molecule has 2 aromatic carbocycles. The molecule has 10 heteroatoms. The molecule has 3 aliphatic heterocycles. The average Bonchev–Trinajstić information content (AvgIpc) is 3.67. The molecule has 2 saturated heterocycles. The summed E-state index contributed by atoms with van der Waals surface area (Å²) in [7, 11) is 1.79. The number of ether oxygens (including phenoxy) is 2. The molecule has 3 aliphatic rings. The topological polar surface area (TPSA) is 100 Å². The lowest BCUT2D eigenvalue weighted by Gasteiger charge is -2.42. The molecule has 0 radical (unpaired) electrons. The number of carbonyl (C=O) groups excluding carboxylic acids is 3. The Bertz CT molecular complexity index is 1430. The van der Waals surface area contributed by atoms with E-state index >= 15 is 0 Å². The third-order valence-corrected chi connectivity index (χ3v) is 9.39. The molecule has 0 spiro atoms. The van der Waals surface area contributed by atoms with Crippen LogP contribution in [0.2, 0.25) is 0 Å². The zero-order valence-electron chi connectivity index (χ0n) is 24.4. The average molecular weight is 603 g/mol. The van der Waals surface area contributed by atoms with Crippen molar-refractivity contribution >= 4 is 34.7 Å². The highest BCUT2D eigenvalue weighted by Gasteiger charge is 2.39. The highest BCUT2D eigenvalue weighted by molar-refractivity contribution is 7.10. The van der Waals surface area contributed by atoms with E-state index in [1.165, 1.54) is 16.9 Å². The predicted octanol–water partition coefficient (Wildman–Crippen LogP) is 4.09. The van der Waals surface area contributed by atoms with Gasteiger partial charge in [-0.1, -0.05) is 36.4 Å². The van der Waals surface area contributed by atoms with Crippen molar-refractivity contribution in [2.24, 2.45) is 0 Å². The number of benzene rings is 2. The first-order chi connectivity index (χ1) is 20.9. The Morgan fingerprint density at radius 2 is 1.88 bits per heavy atom. The van der Waals surface area contributed by atoms with Crippen molar-refractivity contribution in [2.75, 3.05) is 32.1 Å². The van der Waals surface area contributed by atoms with Gasteiger partial charge in [-0.25, -0.2) is 0 Å². The monoisotopic (exact) mass is 602 g/mol. The van der Waals surface area contributed by atoms with Crippen molar-refractivity contribution < 1.29 is 23.9 Å². The van der Waals surface area contributed by atoms with Gasteiger partial charge in [0.05, 0.1) is 30.6 Å². The van der Waals surface area contributed by atoms with Gasteiger partial charge in [-0.2, -0.15) is 0 Å². The Labute approximate surface area is 256 Å². The molecule has 0 saturated carbocycles. The molecule has 4 atom stereocenters. The molecule has 6 rings (SSSR count). The Balaban J connectivity index is 1.02. The largest absolute Gasteiger partial charge is 0.490 e. The first kappa shape index (κ1) is 29.3. The highest BCUT2D eigenvalue weighted by Crippen LogP contribution is 2.32. The molecule has 4 heterocycles. The van der Waals surface area contributed by atoms with Crippen LogP contribution in [-0.4, -0.2) is 78.6 Å². The fourth-order valence-corrected chi connectivity index (χ4v) is 7.01. The molecule has 0 aliphatic carbocycles. The quantitative estimate of drug-likeness (QED) is 0.403. The molecule has 0 bridgehead atoms. The third kappa shape index (κ3) is 7.26. The number of nitrogens with zero attached hydrogens (tertiary/aromatic N) is 2. The molecule has 226 valence electrons. The van der Waals surface area contributed by atoms with E-state index in [9.17, 15) is 14.4 Å². The summed E-state index contributed by atoms with van der Waals surface area (Å²) in [4.78, 5) is 44.1. The van der Waals surface area contributed by atoms with E-state index in [4.69, 9.17) is 9.47 Å². The Morgan fingerprint density at radius 3 is 2.70 bits per heavy atom. The number of likely N-dealkylation sites (N-methyl/N-ethyl adjacent to an activating group) is 1. The number of likely N-dealkylation sites (tertiary alicyclic amines) is 1. The SMILES string of the molecule is CN1C(=O)c2cc(NC(=O)Cc3cccs3)ccc2OC[C@H]2O[C@@H](CC(=O)N[C@@H]3CCN(Cc4ccccc4)C3)CC[C@@H]21. The molecule has 3 aromatic rings. The fourth-order valence-electron chi connectivity index (χ4n) is 6.31. The Kier molecular flexibility index (Phi) is 9.06. The summed E-state index contributed by atoms with van der Waals surface area (Å²) in [6.45, 7) is 2.97. The lowest BCUT2D eigenvalue weighted by Crippen LogP contribution is -2.54. The van der Waals surface area contributed by atoms with Gasteiger partial charge >= 0.3 is 0 Å². The minimum atomic E-state index is -0.341. The number of anilines is 1. The maximum absolute atomic E-state index is 13.5. The van der Waals surface area contributed by atoms with Gasteiger partial charge in [0.25, 0.3) is 5.91 Å². The van der Waals surface area contributed by atoms with E-state index in [2.05, 4.69) is 39.8 Å². The summed E-state index contributed by atoms with van der Waals surface area (Å²) in [5.41, 5.74) is 2.25. The van der Waals surface area contributed by atoms with Gasteiger partial charge in [0.1, 0.15) is 18.5 Å². The van der Waals surface area contributed by atoms with Crippen LogP contribution in [0.3, 0.4) is 0 Å². The summed E-state index contributed by atoms with van der Waals surface area (Å²) < 4.78 is 12.5. The van der Waals surface area contributed by atoms with Crippen molar-refractivity contribution in [1.82, 2.24) is 15.1 Å². The molecule has 2 fully saturated rings. The van der Waals surface area contributed by atoms with E-state index in [1.807, 2.05) is 23.6 Å². The van der Waals surface area contributed by atoms with Gasteiger partial charge in [-0.05, 0) is 54.5 Å². The van der Waals surface area contributed by atoms with E-state index < -0.39 is 0 Å². The number of rotatable bonds is 8. The fraction of sp³-hybridized carbons (Fsp3) is 0.424. The zero-order chi connectivity index (χ0) is 29.8. The maximum Gasteiger partial charge on any atom is 0.257 e. The first-order valence-corrected chi connectivity index (χ1v) is 15.9. The second kappa shape index (κ2) is 13.3. The number of hydrogen-bond acceptors (Lipinski definition) is 7. The second-order valence-corrected chi connectivity index (χ2v) is 12.7. The van der Waals surface area contributed by atoms with E-state index in [0.29, 0.717) is 29.8 Å². The zero-order valence-corrected chi connectivity index (χ0v) is 25.2. The minimum absolute atomic E-state index is 0.00482. The number of nitrogens with one attached hydrogen (secondary N) is 2. The van der Waals surface area contributed by atoms with Crippen LogP contribution in [0.15, 0.2) is 66.0 Å². The normalized spacial score (nSPS) is 23.8. The summed E-state index contributed by atoms with van der Waals surface area (Å²) in [6.07, 6.45) is 2.35. The Morgan fingerprint density at radius 1 is 1.02 bits per heavy atom. The summed E-state index contributed by atoms with van der Waals surface area (Å²) in [5.74, 6) is 0.143. The first-order valence-electron chi connectivity index (χ1n) is 15.0. The van der Waals surface area contributed by atoms with Crippen LogP contribution in [0.4, 0.5) is 5.69 Å². The van der Waals surface area contributed by atoms with Crippen molar-refractivity contribution in [2.45, 2.75) is 62.9 Å². The van der Waals surface area contributed by atoms with Gasteiger partial charge in [-0.15, -0.1) is 11.3 Å². The van der Waals surface area contributed by atoms with Crippen LogP contribution in [0, 0.1) is 0 Å². The van der Waals surface area contributed by atoms with E-state index in [1.54, 1.807) is 30.1 Å². The standard InChI is InChI=1S/C33H38N4O5S/c1-36-28-11-10-25(17-31(38)35-24-13-14-37(20-24)19-22-6-3-2-4-7-22)42-30(28)21-41-29-12-9-23(16-27(29)33(36)40)34-32(39)18-26-8-5-15-43-26/h2-9,12,15-16,24-25,28,30H,10-11,13-14,17-21H2,1H3,(H,34,39)(H,35,38)/t24-,25-,28+,30-/m1/s1. The van der Waals surface area contributed by atoms with Crippen LogP contribution < -0.4 is 15.4 Å². The van der Waals surface area contributed by atoms with Crippen molar-refractivity contribution in [3.8, 4) is 5.75 Å². The van der Waals surface area contributed by atoms with Gasteiger partial charge < -0.3 is 25.0 Å². The van der Waals surface area contributed by atoms with Gasteiger partial charge in [-0.3, -0.25) is 19.3 Å². The number of fused-ring (bicyclic) bond motifs is 2. The predicted molar refractivity (Wildman–Crippen MR) is 165 cm³/mol. The highest BCUT2D eigenvalue weighted by atomic mass is 32.1. The van der Waals surface area contributed by atoms with Crippen LogP contribution in [-0.2, 0) is 27.3 Å². The van der Waals surface area contributed by atoms with Crippen molar-refractivity contribution in [3.05, 3.63) is 82.0 Å². The molecule has 0 unspecified atom stereocenters. The van der Waals surface area contributed by atoms with E-state index in [0.717, 1.165) is 37.4 Å². The van der Waals surface area contributed by atoms with Crippen LogP contribution in [0.5, 0.6) is 5.75 Å². The van der Waals surface area contributed by atoms with Crippen LogP contribution >= 0.6 is 11.3 Å². The summed E-state index contributed by atoms with van der Waals surface area (Å²) in [6, 6.07) is 19.4. The number of hydrogen-bond donors (Lipinski definition) is 2. The molecular formula is C33H38N4O5S. The molecule has 9 nitrogen and oxygen atoms in total. The summed E-state index contributed by atoms with van der Waals surface area (Å²) in [5, 5.41) is 8.05. The van der Waals surface area contributed by atoms with Crippen molar-refractivity contribution in [3.63, 3.8) is 0 Å². The lowest BCUT2D eigenvalue weighted by molar-refractivity contribution is -0.134. The summed E-state index contributed by atoms with van der Waals surface area (Å²) >= 11 is 1.53. The Hall–Kier alpha value is -3.73. The van der Waals surface area contributed by atoms with E-state index in [-0.39, 0.29) is 55.0 Å². The lowest BCUT2D eigenvalue weighted by atomic mass is 9.94. The molecule has 43 heavy (non-hydrogen) atoms.